The molecule has 0 bridgehead atoms. The van der Waals surface area contributed by atoms with Gasteiger partial charge >= 0.3 is 18.6 Å². The third-order valence-corrected chi connectivity index (χ3v) is 6.39. The smallest absolute Gasteiger partial charge is 0.445 e. The number of carbonyl (C=O) groups is 2. The zero-order chi connectivity index (χ0) is 25.4. The third-order valence-electron chi connectivity index (χ3n) is 6.39. The summed E-state index contributed by atoms with van der Waals surface area (Å²) in [6, 6.07) is 10.1. The van der Waals surface area contributed by atoms with E-state index in [0.717, 1.165) is 12.1 Å². The maximum absolute atomic E-state index is 13.0. The van der Waals surface area contributed by atoms with Crippen molar-refractivity contribution in [1.29, 1.82) is 0 Å². The van der Waals surface area contributed by atoms with Gasteiger partial charge < -0.3 is 19.3 Å². The van der Waals surface area contributed by atoms with Crippen molar-refractivity contribution in [1.82, 2.24) is 25.2 Å². The highest BCUT2D eigenvalue weighted by Crippen LogP contribution is 2.33. The average molecular weight is 507 g/mol. The molecule has 2 saturated heterocycles. The zero-order valence-corrected chi connectivity index (χ0v) is 18.7. The van der Waals surface area contributed by atoms with E-state index in [9.17, 15) is 27.2 Å². The molecule has 9 nitrogen and oxygen atoms in total. The first-order valence-electron chi connectivity index (χ1n) is 11.1. The van der Waals surface area contributed by atoms with Gasteiger partial charge in [0.2, 0.25) is 0 Å². The monoisotopic (exact) mass is 507 g/mol. The molecule has 5 rings (SSSR count). The highest BCUT2D eigenvalue weighted by Gasteiger charge is 2.44. The lowest BCUT2D eigenvalue weighted by atomic mass is 10.0. The molecule has 3 heterocycles. The molecule has 2 unspecified atom stereocenters. The van der Waals surface area contributed by atoms with E-state index in [1.165, 1.54) is 12.1 Å². The van der Waals surface area contributed by atoms with E-state index < -0.39 is 24.4 Å². The minimum Gasteiger partial charge on any atom is -0.445 e. The van der Waals surface area contributed by atoms with Gasteiger partial charge in [-0.1, -0.05) is 12.1 Å². The Balaban J connectivity index is 1.10. The lowest BCUT2D eigenvalue weighted by Crippen LogP contribution is -2.35. The van der Waals surface area contributed by atoms with Gasteiger partial charge in [0.25, 0.3) is 5.91 Å². The van der Waals surface area contributed by atoms with E-state index in [4.69, 9.17) is 4.74 Å². The normalized spacial score (nSPS) is 19.7. The van der Waals surface area contributed by atoms with Gasteiger partial charge in [0.05, 0.1) is 0 Å². The molecule has 2 amide bonds. The second-order valence-electron chi connectivity index (χ2n) is 8.83. The van der Waals surface area contributed by atoms with E-state index in [0.29, 0.717) is 48.3 Å². The molecule has 13 heteroatoms. The van der Waals surface area contributed by atoms with Crippen molar-refractivity contribution in [2.45, 2.75) is 19.1 Å². The molecule has 2 fully saturated rings. The van der Waals surface area contributed by atoms with Crippen LogP contribution in [0.3, 0.4) is 0 Å². The van der Waals surface area contributed by atoms with Crippen molar-refractivity contribution in [3.63, 3.8) is 0 Å². The number of hydrogen-bond donors (Lipinski definition) is 1. The molecule has 0 radical (unpaired) electrons. The molecule has 1 aromatic heterocycles. The van der Waals surface area contributed by atoms with Crippen molar-refractivity contribution in [2.24, 2.45) is 11.8 Å². The topological polar surface area (TPSA) is 101 Å². The summed E-state index contributed by atoms with van der Waals surface area (Å²) in [6.45, 7) is 1.82. The summed E-state index contributed by atoms with van der Waals surface area (Å²) in [5.41, 5.74) is 2.30. The Hall–Kier alpha value is -3.90. The third kappa shape index (κ3) is 4.77. The molecule has 0 spiro atoms. The number of ether oxygens (including phenoxy) is 2. The summed E-state index contributed by atoms with van der Waals surface area (Å²) >= 11 is 0. The van der Waals surface area contributed by atoms with Crippen LogP contribution in [0.2, 0.25) is 0 Å². The van der Waals surface area contributed by atoms with Gasteiger partial charge in [-0.3, -0.25) is 4.79 Å². The molecular weight excluding hydrogens is 486 g/mol. The Kier molecular flexibility index (Phi) is 6.14. The molecule has 1 N–H and O–H groups in total. The highest BCUT2D eigenvalue weighted by molar-refractivity contribution is 5.97. The van der Waals surface area contributed by atoms with Crippen LogP contribution < -0.4 is 4.74 Å². The van der Waals surface area contributed by atoms with Crippen LogP contribution in [-0.2, 0) is 11.3 Å². The van der Waals surface area contributed by atoms with Crippen LogP contribution in [0.5, 0.6) is 5.75 Å². The minimum atomic E-state index is -4.59. The Bertz CT molecular complexity index is 1250. The van der Waals surface area contributed by atoms with Crippen LogP contribution >= 0.6 is 0 Å². The molecule has 0 saturated carbocycles. The zero-order valence-electron chi connectivity index (χ0n) is 18.7. The number of halogens is 4. The number of aromatic amines is 1. The van der Waals surface area contributed by atoms with Crippen LogP contribution in [0.1, 0.15) is 15.9 Å². The van der Waals surface area contributed by atoms with E-state index in [1.54, 1.807) is 28.0 Å². The first kappa shape index (κ1) is 23.8. The Morgan fingerprint density at radius 1 is 0.972 bits per heavy atom. The molecule has 3 aromatic rings. The van der Waals surface area contributed by atoms with Crippen LogP contribution in [0.15, 0.2) is 42.5 Å². The summed E-state index contributed by atoms with van der Waals surface area (Å²) in [4.78, 5) is 28.8. The van der Waals surface area contributed by atoms with Gasteiger partial charge in [0, 0.05) is 43.6 Å². The molecular formula is C23H21F4N5O4. The van der Waals surface area contributed by atoms with E-state index >= 15 is 0 Å². The van der Waals surface area contributed by atoms with E-state index in [-0.39, 0.29) is 24.3 Å². The highest BCUT2D eigenvalue weighted by atomic mass is 19.3. The fourth-order valence-electron chi connectivity index (χ4n) is 4.56. The maximum Gasteiger partial charge on any atom is 0.461 e. The predicted molar refractivity (Wildman–Crippen MR) is 117 cm³/mol. The first-order valence-corrected chi connectivity index (χ1v) is 11.1. The van der Waals surface area contributed by atoms with Gasteiger partial charge in [-0.15, -0.1) is 0 Å². The standard InChI is InChI=1S/C23H21F4N5O4/c24-21(25)23(26,27)36-17-4-1-13(2-5-17)12-35-22(34)32-10-15-8-31(9-16(15)11-32)20(33)14-3-6-18-19(7-14)29-30-28-18/h1-7,15-16,21H,8-12H2,(H,28,29,30). The average Bonchev–Trinajstić information content (AvgIpc) is 3.57. The minimum absolute atomic E-state index is 0.0952. The number of fused-ring (bicyclic) bond motifs is 2. The van der Waals surface area contributed by atoms with E-state index in [2.05, 4.69) is 20.1 Å². The second kappa shape index (κ2) is 9.28. The van der Waals surface area contributed by atoms with Gasteiger partial charge in [-0.05, 0) is 35.9 Å². The number of hydrogen-bond acceptors (Lipinski definition) is 6. The Labute approximate surface area is 201 Å². The van der Waals surface area contributed by atoms with Crippen molar-refractivity contribution in [2.75, 3.05) is 26.2 Å². The largest absolute Gasteiger partial charge is 0.461 e. The number of likely N-dealkylation sites (tertiary alicyclic amines) is 2. The number of nitrogens with one attached hydrogen (secondary N) is 1. The number of aromatic nitrogens is 3. The molecule has 36 heavy (non-hydrogen) atoms. The number of carbonyl (C=O) groups excluding carboxylic acids is 2. The first-order chi connectivity index (χ1) is 17.2. The summed E-state index contributed by atoms with van der Waals surface area (Å²) in [7, 11) is 0. The second-order valence-corrected chi connectivity index (χ2v) is 8.83. The van der Waals surface area contributed by atoms with Gasteiger partial charge in [-0.2, -0.15) is 33.0 Å². The fourth-order valence-corrected chi connectivity index (χ4v) is 4.56. The number of alkyl halides is 4. The number of benzene rings is 2. The SMILES string of the molecule is O=C(OCc1ccc(OC(F)(F)C(F)F)cc1)N1CC2CN(C(=O)c3ccc4n[nH]nc4c3)CC2C1. The van der Waals surface area contributed by atoms with Crippen molar-refractivity contribution in [3.05, 3.63) is 53.6 Å². The lowest BCUT2D eigenvalue weighted by molar-refractivity contribution is -0.253. The van der Waals surface area contributed by atoms with Gasteiger partial charge in [0.1, 0.15) is 23.4 Å². The quantitative estimate of drug-likeness (QED) is 0.513. The summed E-state index contributed by atoms with van der Waals surface area (Å²) in [5.74, 6) is -0.264. The van der Waals surface area contributed by atoms with Crippen LogP contribution in [-0.4, -0.2) is 75.9 Å². The Morgan fingerprint density at radius 3 is 2.28 bits per heavy atom. The maximum atomic E-state index is 13.0. The number of amides is 2. The molecule has 190 valence electrons. The molecule has 2 aromatic carbocycles. The van der Waals surface area contributed by atoms with Crippen LogP contribution in [0.25, 0.3) is 11.0 Å². The number of H-pyrrole nitrogens is 1. The summed E-state index contributed by atoms with van der Waals surface area (Å²) < 4.78 is 59.8. The van der Waals surface area contributed by atoms with E-state index in [1.807, 2.05) is 0 Å². The molecule has 0 aliphatic carbocycles. The van der Waals surface area contributed by atoms with Crippen molar-refractivity contribution < 1.29 is 36.6 Å². The molecule has 2 atom stereocenters. The summed E-state index contributed by atoms with van der Waals surface area (Å²) in [5, 5.41) is 10.5. The van der Waals surface area contributed by atoms with Gasteiger partial charge in [0.15, 0.2) is 0 Å². The Morgan fingerprint density at radius 2 is 1.61 bits per heavy atom. The van der Waals surface area contributed by atoms with Crippen LogP contribution in [0, 0.1) is 11.8 Å². The molecule has 2 aliphatic rings. The lowest BCUT2D eigenvalue weighted by Gasteiger charge is -2.21. The summed E-state index contributed by atoms with van der Waals surface area (Å²) in [6.07, 6.45) is -9.07. The van der Waals surface area contributed by atoms with Crippen LogP contribution in [0.4, 0.5) is 22.4 Å². The van der Waals surface area contributed by atoms with Crippen molar-refractivity contribution >= 4 is 23.0 Å². The number of nitrogens with zero attached hydrogens (tertiary/aromatic N) is 4. The van der Waals surface area contributed by atoms with Crippen molar-refractivity contribution in [3.8, 4) is 5.75 Å². The number of rotatable bonds is 6. The predicted octanol–water partition coefficient (Wildman–Crippen LogP) is 3.54. The van der Waals surface area contributed by atoms with Gasteiger partial charge in [-0.25, -0.2) is 4.79 Å². The fraction of sp³-hybridized carbons (Fsp3) is 0.391. The molecule has 2 aliphatic heterocycles.